The van der Waals surface area contributed by atoms with Gasteiger partial charge in [0, 0.05) is 10.6 Å². The Bertz CT molecular complexity index is 411. The highest BCUT2D eigenvalue weighted by Crippen LogP contribution is 2.22. The molecule has 1 amide bonds. The minimum absolute atomic E-state index is 0.0962. The van der Waals surface area contributed by atoms with Crippen molar-refractivity contribution in [1.82, 2.24) is 5.32 Å². The summed E-state index contributed by atoms with van der Waals surface area (Å²) >= 11 is 5.56. The van der Waals surface area contributed by atoms with Crippen molar-refractivity contribution in [3.8, 4) is 0 Å². The highest BCUT2D eigenvalue weighted by Gasteiger charge is 2.18. The molecule has 0 spiro atoms. The zero-order chi connectivity index (χ0) is 12.1. The van der Waals surface area contributed by atoms with Gasteiger partial charge in [-0.3, -0.25) is 9.59 Å². The van der Waals surface area contributed by atoms with Crippen LogP contribution in [0.1, 0.15) is 18.0 Å². The van der Waals surface area contributed by atoms with Crippen molar-refractivity contribution in [2.24, 2.45) is 0 Å². The van der Waals surface area contributed by atoms with E-state index in [9.17, 15) is 14.0 Å². The molecule has 0 heterocycles. The average molecular weight is 246 g/mol. The van der Waals surface area contributed by atoms with E-state index >= 15 is 0 Å². The summed E-state index contributed by atoms with van der Waals surface area (Å²) in [4.78, 5) is 20.8. The molecule has 0 aliphatic heterocycles. The molecule has 1 aromatic carbocycles. The van der Waals surface area contributed by atoms with E-state index in [0.717, 1.165) is 6.07 Å². The maximum absolute atomic E-state index is 13.4. The lowest BCUT2D eigenvalue weighted by atomic mass is 10.0. The molecular formula is C10H9ClFNO3. The first-order valence-corrected chi connectivity index (χ1v) is 4.79. The molecular weight excluding hydrogens is 237 g/mol. The van der Waals surface area contributed by atoms with Crippen LogP contribution in [0.2, 0.25) is 5.02 Å². The van der Waals surface area contributed by atoms with Crippen molar-refractivity contribution in [1.29, 1.82) is 0 Å². The summed E-state index contributed by atoms with van der Waals surface area (Å²) < 4.78 is 13.4. The molecule has 0 aromatic heterocycles. The minimum Gasteiger partial charge on any atom is -0.481 e. The number of carboxylic acid groups (broad SMARTS) is 1. The van der Waals surface area contributed by atoms with Crippen LogP contribution < -0.4 is 5.32 Å². The predicted octanol–water partition coefficient (Wildman–Crippen LogP) is 1.74. The molecule has 86 valence electrons. The predicted molar refractivity (Wildman–Crippen MR) is 55.6 cm³/mol. The molecule has 4 nitrogen and oxygen atoms in total. The number of carbonyl (C=O) groups excluding carboxylic acids is 1. The maximum Gasteiger partial charge on any atom is 0.305 e. The average Bonchev–Trinajstić information content (AvgIpc) is 2.16. The quantitative estimate of drug-likeness (QED) is 0.777. The number of amides is 1. The SMILES string of the molecule is O=CN[C@@H](CC(=O)O)c1ccc(Cl)cc1F. The van der Waals surface area contributed by atoms with Crippen molar-refractivity contribution in [3.63, 3.8) is 0 Å². The van der Waals surface area contributed by atoms with Gasteiger partial charge in [0.1, 0.15) is 5.82 Å². The molecule has 6 heteroatoms. The Morgan fingerprint density at radius 3 is 2.81 bits per heavy atom. The zero-order valence-electron chi connectivity index (χ0n) is 8.11. The summed E-state index contributed by atoms with van der Waals surface area (Å²) in [5.74, 6) is -1.78. The smallest absolute Gasteiger partial charge is 0.305 e. The number of benzene rings is 1. The van der Waals surface area contributed by atoms with Gasteiger partial charge in [-0.2, -0.15) is 0 Å². The van der Waals surface area contributed by atoms with Crippen molar-refractivity contribution in [2.75, 3.05) is 0 Å². The van der Waals surface area contributed by atoms with Crippen LogP contribution >= 0.6 is 11.6 Å². The molecule has 1 aromatic rings. The fourth-order valence-electron chi connectivity index (χ4n) is 1.30. The lowest BCUT2D eigenvalue weighted by Crippen LogP contribution is -2.23. The van der Waals surface area contributed by atoms with Gasteiger partial charge in [0.2, 0.25) is 6.41 Å². The van der Waals surface area contributed by atoms with E-state index in [1.165, 1.54) is 12.1 Å². The zero-order valence-corrected chi connectivity index (χ0v) is 8.87. The summed E-state index contributed by atoms with van der Waals surface area (Å²) in [6, 6.07) is 2.95. The second-order valence-electron chi connectivity index (χ2n) is 3.10. The number of nitrogens with one attached hydrogen (secondary N) is 1. The van der Waals surface area contributed by atoms with Gasteiger partial charge in [-0.15, -0.1) is 0 Å². The first-order valence-electron chi connectivity index (χ1n) is 4.41. The fourth-order valence-corrected chi connectivity index (χ4v) is 1.46. The second kappa shape index (κ2) is 5.46. The molecule has 1 rings (SSSR count). The Hall–Kier alpha value is -1.62. The van der Waals surface area contributed by atoms with E-state index < -0.39 is 24.2 Å². The number of hydrogen-bond donors (Lipinski definition) is 2. The van der Waals surface area contributed by atoms with Gasteiger partial charge in [-0.1, -0.05) is 17.7 Å². The number of carbonyl (C=O) groups is 2. The summed E-state index contributed by atoms with van der Waals surface area (Å²) in [6.45, 7) is 0. The molecule has 0 bridgehead atoms. The molecule has 1 atom stereocenters. The van der Waals surface area contributed by atoms with Gasteiger partial charge in [-0.05, 0) is 12.1 Å². The summed E-state index contributed by atoms with van der Waals surface area (Å²) in [7, 11) is 0. The molecule has 0 radical (unpaired) electrons. The van der Waals surface area contributed by atoms with Gasteiger partial charge < -0.3 is 10.4 Å². The van der Waals surface area contributed by atoms with E-state index in [2.05, 4.69) is 5.32 Å². The Morgan fingerprint density at radius 1 is 1.62 bits per heavy atom. The molecule has 0 saturated carbocycles. The van der Waals surface area contributed by atoms with E-state index in [0.29, 0.717) is 6.41 Å². The third-order valence-corrected chi connectivity index (χ3v) is 2.22. The molecule has 0 fully saturated rings. The van der Waals surface area contributed by atoms with Crippen LogP contribution in [-0.2, 0) is 9.59 Å². The lowest BCUT2D eigenvalue weighted by molar-refractivity contribution is -0.137. The monoisotopic (exact) mass is 245 g/mol. The Kier molecular flexibility index (Phi) is 4.25. The Balaban J connectivity index is 3.00. The minimum atomic E-state index is -1.13. The first-order chi connectivity index (χ1) is 7.54. The van der Waals surface area contributed by atoms with Crippen LogP contribution in [0.25, 0.3) is 0 Å². The highest BCUT2D eigenvalue weighted by atomic mass is 35.5. The molecule has 0 saturated heterocycles. The molecule has 0 aliphatic rings. The molecule has 0 aliphatic carbocycles. The van der Waals surface area contributed by atoms with Gasteiger partial charge in [-0.25, -0.2) is 4.39 Å². The number of halogens is 2. The van der Waals surface area contributed by atoms with Gasteiger partial charge >= 0.3 is 5.97 Å². The lowest BCUT2D eigenvalue weighted by Gasteiger charge is -2.15. The largest absolute Gasteiger partial charge is 0.481 e. The van der Waals surface area contributed by atoms with Crippen molar-refractivity contribution < 1.29 is 19.1 Å². The van der Waals surface area contributed by atoms with Crippen molar-refractivity contribution in [3.05, 3.63) is 34.6 Å². The van der Waals surface area contributed by atoms with Crippen LogP contribution in [0.15, 0.2) is 18.2 Å². The molecule has 0 unspecified atom stereocenters. The highest BCUT2D eigenvalue weighted by molar-refractivity contribution is 6.30. The van der Waals surface area contributed by atoms with Crippen LogP contribution in [-0.4, -0.2) is 17.5 Å². The van der Waals surface area contributed by atoms with E-state index in [1.54, 1.807) is 0 Å². The number of carboxylic acids is 1. The third-order valence-electron chi connectivity index (χ3n) is 1.99. The maximum atomic E-state index is 13.4. The van der Waals surface area contributed by atoms with Crippen molar-refractivity contribution in [2.45, 2.75) is 12.5 Å². The molecule has 16 heavy (non-hydrogen) atoms. The standard InChI is InChI=1S/C10H9ClFNO3/c11-6-1-2-7(8(12)3-6)9(13-5-14)4-10(15)16/h1-3,5,9H,4H2,(H,13,14)(H,15,16)/t9-/m0/s1. The van der Waals surface area contributed by atoms with Crippen molar-refractivity contribution >= 4 is 24.0 Å². The van der Waals surface area contributed by atoms with E-state index in [1.807, 2.05) is 0 Å². The number of aliphatic carboxylic acids is 1. The Labute approximate surface area is 96.0 Å². The topological polar surface area (TPSA) is 66.4 Å². The summed E-state index contributed by atoms with van der Waals surface area (Å²) in [5, 5.41) is 11.1. The fraction of sp³-hybridized carbons (Fsp3) is 0.200. The van der Waals surface area contributed by atoms with E-state index in [4.69, 9.17) is 16.7 Å². The number of rotatable bonds is 5. The van der Waals surface area contributed by atoms with Gasteiger partial charge in [0.25, 0.3) is 0 Å². The van der Waals surface area contributed by atoms with Crippen LogP contribution in [0.3, 0.4) is 0 Å². The summed E-state index contributed by atoms with van der Waals surface area (Å²) in [6.07, 6.45) is -0.0566. The third kappa shape index (κ3) is 3.20. The van der Waals surface area contributed by atoms with Crippen LogP contribution in [0, 0.1) is 5.82 Å². The first kappa shape index (κ1) is 12.4. The van der Waals surface area contributed by atoms with E-state index in [-0.39, 0.29) is 10.6 Å². The molecule has 2 N–H and O–H groups in total. The Morgan fingerprint density at radius 2 is 2.31 bits per heavy atom. The van der Waals surface area contributed by atoms with Gasteiger partial charge in [0.15, 0.2) is 0 Å². The second-order valence-corrected chi connectivity index (χ2v) is 3.54. The van der Waals surface area contributed by atoms with Gasteiger partial charge in [0.05, 0.1) is 12.5 Å². The van der Waals surface area contributed by atoms with Crippen LogP contribution in [0.5, 0.6) is 0 Å². The van der Waals surface area contributed by atoms with Crippen LogP contribution in [0.4, 0.5) is 4.39 Å². The summed E-state index contributed by atoms with van der Waals surface area (Å²) in [5.41, 5.74) is 0.0962. The normalized spacial score (nSPS) is 11.9. The number of hydrogen-bond acceptors (Lipinski definition) is 2.